The monoisotopic (exact) mass is 325 g/mol. The van der Waals surface area contributed by atoms with Crippen LogP contribution in [0, 0.1) is 12.8 Å². The van der Waals surface area contributed by atoms with Gasteiger partial charge in [-0.1, -0.05) is 36.4 Å². The van der Waals surface area contributed by atoms with Crippen LogP contribution in [0.3, 0.4) is 0 Å². The highest BCUT2D eigenvalue weighted by Crippen LogP contribution is 2.33. The van der Waals surface area contributed by atoms with Gasteiger partial charge in [0.05, 0.1) is 12.8 Å². The molecule has 0 saturated heterocycles. The molecule has 1 amide bonds. The summed E-state index contributed by atoms with van der Waals surface area (Å²) in [5, 5.41) is 0. The van der Waals surface area contributed by atoms with E-state index in [4.69, 9.17) is 9.47 Å². The van der Waals surface area contributed by atoms with Gasteiger partial charge >= 0.3 is 6.09 Å². The summed E-state index contributed by atoms with van der Waals surface area (Å²) in [6, 6.07) is 15.8. The normalized spacial score (nSPS) is 13.4. The van der Waals surface area contributed by atoms with E-state index in [-0.39, 0.29) is 6.09 Å². The maximum absolute atomic E-state index is 12.2. The van der Waals surface area contributed by atoms with E-state index in [1.807, 2.05) is 55.5 Å². The average molecular weight is 325 g/mol. The summed E-state index contributed by atoms with van der Waals surface area (Å²) in [6.45, 7) is 3.14. The molecule has 126 valence electrons. The molecule has 0 radical (unpaired) electrons. The number of ether oxygens (including phenoxy) is 2. The molecule has 0 spiro atoms. The third-order valence-corrected chi connectivity index (χ3v) is 4.29. The topological polar surface area (TPSA) is 38.8 Å². The number of rotatable bonds is 6. The van der Waals surface area contributed by atoms with Crippen LogP contribution in [-0.2, 0) is 11.3 Å². The van der Waals surface area contributed by atoms with E-state index in [1.54, 1.807) is 4.90 Å². The summed E-state index contributed by atoms with van der Waals surface area (Å²) < 4.78 is 10.9. The third-order valence-electron chi connectivity index (χ3n) is 4.29. The second kappa shape index (κ2) is 7.39. The van der Waals surface area contributed by atoms with Crippen molar-refractivity contribution in [1.82, 2.24) is 0 Å². The minimum atomic E-state index is -0.315. The van der Waals surface area contributed by atoms with Crippen LogP contribution in [-0.4, -0.2) is 19.7 Å². The molecule has 0 bridgehead atoms. The van der Waals surface area contributed by atoms with Crippen LogP contribution in [0.4, 0.5) is 10.5 Å². The van der Waals surface area contributed by atoms with E-state index in [9.17, 15) is 4.79 Å². The van der Waals surface area contributed by atoms with Crippen molar-refractivity contribution in [3.05, 3.63) is 59.7 Å². The Kier molecular flexibility index (Phi) is 5.04. The number of amides is 1. The molecule has 0 heterocycles. The third kappa shape index (κ3) is 3.88. The molecule has 1 saturated carbocycles. The van der Waals surface area contributed by atoms with Gasteiger partial charge in [0.25, 0.3) is 0 Å². The molecule has 0 N–H and O–H groups in total. The summed E-state index contributed by atoms with van der Waals surface area (Å²) >= 11 is 0. The van der Waals surface area contributed by atoms with E-state index >= 15 is 0 Å². The lowest BCUT2D eigenvalue weighted by atomic mass is 10.1. The molecule has 0 unspecified atom stereocenters. The van der Waals surface area contributed by atoms with Crippen molar-refractivity contribution >= 4 is 11.8 Å². The minimum Gasteiger partial charge on any atom is -0.489 e. The van der Waals surface area contributed by atoms with E-state index < -0.39 is 0 Å². The van der Waals surface area contributed by atoms with Gasteiger partial charge in [-0.3, -0.25) is 4.90 Å². The number of nitrogens with zero attached hydrogens (tertiary/aromatic N) is 1. The van der Waals surface area contributed by atoms with Crippen molar-refractivity contribution in [2.45, 2.75) is 26.4 Å². The molecule has 0 aromatic heterocycles. The SMILES string of the molecule is COC(=O)N(CC1CC1)c1ccccc1COc1ccccc1C. The molecule has 0 atom stereocenters. The molecular weight excluding hydrogens is 302 g/mol. The van der Waals surface area contributed by atoms with Crippen LogP contribution >= 0.6 is 0 Å². The molecule has 1 aliphatic rings. The Balaban J connectivity index is 1.80. The largest absolute Gasteiger partial charge is 0.489 e. The fourth-order valence-corrected chi connectivity index (χ4v) is 2.71. The molecule has 24 heavy (non-hydrogen) atoms. The Bertz CT molecular complexity index is 710. The van der Waals surface area contributed by atoms with Crippen molar-refractivity contribution in [2.75, 3.05) is 18.6 Å². The van der Waals surface area contributed by atoms with Crippen molar-refractivity contribution in [1.29, 1.82) is 0 Å². The quantitative estimate of drug-likeness (QED) is 0.781. The highest BCUT2D eigenvalue weighted by molar-refractivity contribution is 5.88. The molecule has 1 aliphatic carbocycles. The number of anilines is 1. The Labute approximate surface area is 143 Å². The Morgan fingerprint density at radius 2 is 1.83 bits per heavy atom. The van der Waals surface area contributed by atoms with Gasteiger partial charge in [0.2, 0.25) is 0 Å². The van der Waals surface area contributed by atoms with Crippen molar-refractivity contribution < 1.29 is 14.3 Å². The van der Waals surface area contributed by atoms with Gasteiger partial charge < -0.3 is 9.47 Å². The molecule has 3 rings (SSSR count). The van der Waals surface area contributed by atoms with Crippen LogP contribution in [0.5, 0.6) is 5.75 Å². The number of carbonyl (C=O) groups excluding carboxylic acids is 1. The summed E-state index contributed by atoms with van der Waals surface area (Å²) in [5.74, 6) is 1.44. The fourth-order valence-electron chi connectivity index (χ4n) is 2.71. The van der Waals surface area contributed by atoms with E-state index in [0.29, 0.717) is 19.1 Å². The number of hydrogen-bond donors (Lipinski definition) is 0. The fraction of sp³-hybridized carbons (Fsp3) is 0.350. The zero-order valence-corrected chi connectivity index (χ0v) is 14.2. The second-order valence-electron chi connectivity index (χ2n) is 6.21. The zero-order valence-electron chi connectivity index (χ0n) is 14.2. The maximum atomic E-state index is 12.2. The first-order valence-electron chi connectivity index (χ1n) is 8.31. The molecule has 0 aliphatic heterocycles. The lowest BCUT2D eigenvalue weighted by Crippen LogP contribution is -2.33. The predicted molar refractivity (Wildman–Crippen MR) is 94.4 cm³/mol. The molecule has 2 aromatic rings. The summed E-state index contributed by atoms with van der Waals surface area (Å²) in [5.41, 5.74) is 2.94. The smallest absolute Gasteiger partial charge is 0.414 e. The van der Waals surface area contributed by atoms with Crippen molar-refractivity contribution in [3.63, 3.8) is 0 Å². The van der Waals surface area contributed by atoms with E-state index in [0.717, 1.165) is 22.6 Å². The molecule has 4 heteroatoms. The average Bonchev–Trinajstić information content (AvgIpc) is 3.43. The second-order valence-corrected chi connectivity index (χ2v) is 6.21. The van der Waals surface area contributed by atoms with Crippen LogP contribution < -0.4 is 9.64 Å². The molecular formula is C20H23NO3. The number of para-hydroxylation sites is 2. The molecule has 4 nitrogen and oxygen atoms in total. The van der Waals surface area contributed by atoms with Gasteiger partial charge in [-0.15, -0.1) is 0 Å². The van der Waals surface area contributed by atoms with Gasteiger partial charge in [0.15, 0.2) is 0 Å². The Hall–Kier alpha value is -2.49. The first-order chi connectivity index (χ1) is 11.7. The van der Waals surface area contributed by atoms with Gasteiger partial charge in [-0.25, -0.2) is 4.79 Å². The van der Waals surface area contributed by atoms with Gasteiger partial charge in [-0.2, -0.15) is 0 Å². The first-order valence-corrected chi connectivity index (χ1v) is 8.31. The molecule has 1 fully saturated rings. The molecule has 2 aromatic carbocycles. The van der Waals surface area contributed by atoms with E-state index in [2.05, 4.69) is 0 Å². The predicted octanol–water partition coefficient (Wildman–Crippen LogP) is 4.56. The maximum Gasteiger partial charge on any atom is 0.414 e. The minimum absolute atomic E-state index is 0.315. The lowest BCUT2D eigenvalue weighted by Gasteiger charge is -2.24. The van der Waals surface area contributed by atoms with Gasteiger partial charge in [0, 0.05) is 12.1 Å². The van der Waals surface area contributed by atoms with Crippen LogP contribution in [0.1, 0.15) is 24.0 Å². The number of carbonyl (C=O) groups is 1. The van der Waals surface area contributed by atoms with Crippen LogP contribution in [0.25, 0.3) is 0 Å². The first kappa shape index (κ1) is 16.4. The van der Waals surface area contributed by atoms with Gasteiger partial charge in [0.1, 0.15) is 12.4 Å². The van der Waals surface area contributed by atoms with Crippen molar-refractivity contribution in [2.24, 2.45) is 5.92 Å². The number of hydrogen-bond acceptors (Lipinski definition) is 3. The number of methoxy groups -OCH3 is 1. The summed E-state index contributed by atoms with van der Waals surface area (Å²) in [4.78, 5) is 13.9. The zero-order chi connectivity index (χ0) is 16.9. The lowest BCUT2D eigenvalue weighted by molar-refractivity contribution is 0.178. The van der Waals surface area contributed by atoms with E-state index in [1.165, 1.54) is 20.0 Å². The Morgan fingerprint density at radius 1 is 1.12 bits per heavy atom. The number of aryl methyl sites for hydroxylation is 1. The van der Waals surface area contributed by atoms with Crippen LogP contribution in [0.15, 0.2) is 48.5 Å². The standard InChI is InChI=1S/C20H23NO3/c1-15-7-3-6-10-19(15)24-14-17-8-4-5-9-18(17)21(20(22)23-2)13-16-11-12-16/h3-10,16H,11-14H2,1-2H3. The summed E-state index contributed by atoms with van der Waals surface area (Å²) in [6.07, 6.45) is 2.04. The van der Waals surface area contributed by atoms with Gasteiger partial charge in [-0.05, 0) is 43.4 Å². The highest BCUT2D eigenvalue weighted by Gasteiger charge is 2.29. The summed E-state index contributed by atoms with van der Waals surface area (Å²) in [7, 11) is 1.43. The Morgan fingerprint density at radius 3 is 2.54 bits per heavy atom. The van der Waals surface area contributed by atoms with Crippen molar-refractivity contribution in [3.8, 4) is 5.75 Å². The number of benzene rings is 2. The van der Waals surface area contributed by atoms with Crippen LogP contribution in [0.2, 0.25) is 0 Å². The highest BCUT2D eigenvalue weighted by atomic mass is 16.5.